The molecule has 0 aliphatic carbocycles. The number of fused-ring (bicyclic) bond motifs is 1. The summed E-state index contributed by atoms with van der Waals surface area (Å²) in [5, 5.41) is 14.3. The number of aliphatic carboxylic acids is 1. The normalized spacial score (nSPS) is 16.3. The molecule has 1 aliphatic heterocycles. The molecule has 164 valence electrons. The van der Waals surface area contributed by atoms with Crippen molar-refractivity contribution in [3.05, 3.63) is 52.8 Å². The summed E-state index contributed by atoms with van der Waals surface area (Å²) in [5.74, 6) is -2.70. The number of aromatic nitrogens is 2. The van der Waals surface area contributed by atoms with E-state index in [2.05, 4.69) is 47.4 Å². The zero-order valence-corrected chi connectivity index (χ0v) is 17.0. The molecule has 1 aromatic heterocycles. The minimum absolute atomic E-state index is 0.0602. The summed E-state index contributed by atoms with van der Waals surface area (Å²) in [7, 11) is 1.68. The summed E-state index contributed by atoms with van der Waals surface area (Å²) >= 11 is 0. The van der Waals surface area contributed by atoms with Gasteiger partial charge in [0, 0.05) is 32.9 Å². The molecule has 1 amide bonds. The molecule has 1 aliphatic rings. The van der Waals surface area contributed by atoms with Gasteiger partial charge in [-0.1, -0.05) is 23.8 Å². The average molecular weight is 426 g/mol. The van der Waals surface area contributed by atoms with E-state index >= 15 is 0 Å². The largest absolute Gasteiger partial charge is 0.490 e. The van der Waals surface area contributed by atoms with Crippen molar-refractivity contribution >= 4 is 11.9 Å². The second kappa shape index (κ2) is 9.75. The van der Waals surface area contributed by atoms with Crippen molar-refractivity contribution in [1.82, 2.24) is 20.0 Å². The van der Waals surface area contributed by atoms with Gasteiger partial charge in [0.05, 0.1) is 18.2 Å². The van der Waals surface area contributed by atoms with E-state index in [4.69, 9.17) is 9.90 Å². The molecule has 2 N–H and O–H groups in total. The quantitative estimate of drug-likeness (QED) is 0.785. The lowest BCUT2D eigenvalue weighted by Gasteiger charge is -2.34. The van der Waals surface area contributed by atoms with Gasteiger partial charge in [0.2, 0.25) is 5.91 Å². The van der Waals surface area contributed by atoms with E-state index in [0.717, 1.165) is 19.6 Å². The Kier molecular flexibility index (Phi) is 7.60. The molecule has 10 heteroatoms. The van der Waals surface area contributed by atoms with Crippen LogP contribution in [0.25, 0.3) is 0 Å². The smallest absolute Gasteiger partial charge is 0.475 e. The van der Waals surface area contributed by atoms with Crippen molar-refractivity contribution in [2.24, 2.45) is 0 Å². The van der Waals surface area contributed by atoms with Crippen LogP contribution in [0.4, 0.5) is 13.2 Å². The maximum Gasteiger partial charge on any atom is 0.490 e. The number of halogens is 3. The zero-order valence-electron chi connectivity index (χ0n) is 17.0. The van der Waals surface area contributed by atoms with Gasteiger partial charge in [0.1, 0.15) is 0 Å². The van der Waals surface area contributed by atoms with E-state index in [1.807, 2.05) is 16.9 Å². The van der Waals surface area contributed by atoms with Crippen LogP contribution in [0.2, 0.25) is 0 Å². The minimum Gasteiger partial charge on any atom is -0.475 e. The number of alkyl halides is 3. The molecule has 0 saturated heterocycles. The summed E-state index contributed by atoms with van der Waals surface area (Å²) < 4.78 is 33.7. The second-order valence-corrected chi connectivity index (χ2v) is 7.20. The Morgan fingerprint density at radius 3 is 2.53 bits per heavy atom. The van der Waals surface area contributed by atoms with Crippen LogP contribution in [-0.2, 0) is 22.7 Å². The highest BCUT2D eigenvalue weighted by molar-refractivity contribution is 5.76. The fraction of sp³-hybridized carbons (Fsp3) is 0.450. The maximum atomic E-state index is 11.8. The van der Waals surface area contributed by atoms with Gasteiger partial charge in [0.15, 0.2) is 0 Å². The van der Waals surface area contributed by atoms with Crippen molar-refractivity contribution in [3.8, 4) is 0 Å². The Balaban J connectivity index is 0.000000396. The third kappa shape index (κ3) is 6.31. The number of nitrogens with one attached hydrogen (secondary N) is 1. The van der Waals surface area contributed by atoms with Crippen LogP contribution in [0.1, 0.15) is 34.8 Å². The molecule has 0 radical (unpaired) electrons. The molecule has 0 fully saturated rings. The molecule has 1 atom stereocenters. The van der Waals surface area contributed by atoms with Crippen LogP contribution >= 0.6 is 0 Å². The van der Waals surface area contributed by atoms with Crippen LogP contribution in [-0.4, -0.2) is 51.4 Å². The molecule has 2 aromatic rings. The second-order valence-electron chi connectivity index (χ2n) is 7.20. The third-order valence-electron chi connectivity index (χ3n) is 4.79. The molecular formula is C20H25F3N4O3. The number of rotatable bonds is 4. The number of hydrogen-bond donors (Lipinski definition) is 2. The van der Waals surface area contributed by atoms with Gasteiger partial charge in [-0.05, 0) is 31.0 Å². The van der Waals surface area contributed by atoms with Gasteiger partial charge < -0.3 is 10.4 Å². The van der Waals surface area contributed by atoms with Gasteiger partial charge in [-0.15, -0.1) is 0 Å². The first kappa shape index (κ1) is 23.4. The topological polar surface area (TPSA) is 87.5 Å². The lowest BCUT2D eigenvalue weighted by atomic mass is 10.0. The fourth-order valence-electron chi connectivity index (χ4n) is 3.26. The maximum absolute atomic E-state index is 11.8. The molecule has 3 rings (SSSR count). The highest BCUT2D eigenvalue weighted by Gasteiger charge is 2.38. The monoisotopic (exact) mass is 426 g/mol. The van der Waals surface area contributed by atoms with Crippen molar-refractivity contribution in [2.75, 3.05) is 13.6 Å². The number of carbonyl (C=O) groups is 2. The molecule has 2 heterocycles. The first-order valence-corrected chi connectivity index (χ1v) is 9.32. The summed E-state index contributed by atoms with van der Waals surface area (Å²) in [6, 6.07) is 8.74. The SMILES string of the molecule is CNC(=O)CC1CN(Cc2cc(C)ccc2C)Cc2ccnn21.O=C(O)C(F)(F)F. The summed E-state index contributed by atoms with van der Waals surface area (Å²) in [5.41, 5.74) is 5.14. The average Bonchev–Trinajstić information content (AvgIpc) is 3.13. The molecule has 0 saturated carbocycles. The van der Waals surface area contributed by atoms with Crippen LogP contribution in [0, 0.1) is 13.8 Å². The third-order valence-corrected chi connectivity index (χ3v) is 4.79. The zero-order chi connectivity index (χ0) is 22.5. The van der Waals surface area contributed by atoms with Gasteiger partial charge in [0.25, 0.3) is 0 Å². The van der Waals surface area contributed by atoms with E-state index in [9.17, 15) is 18.0 Å². The number of hydrogen-bond acceptors (Lipinski definition) is 4. The van der Waals surface area contributed by atoms with Crippen molar-refractivity contribution in [2.45, 2.75) is 45.6 Å². The Bertz CT molecular complexity index is 896. The molecule has 0 spiro atoms. The first-order valence-electron chi connectivity index (χ1n) is 9.32. The molecule has 0 bridgehead atoms. The number of carboxylic acid groups (broad SMARTS) is 1. The van der Waals surface area contributed by atoms with E-state index in [1.54, 1.807) is 7.05 Å². The summed E-state index contributed by atoms with van der Waals surface area (Å²) in [6.45, 7) is 6.91. The Morgan fingerprint density at radius 2 is 1.93 bits per heavy atom. The predicted octanol–water partition coefficient (Wildman–Crippen LogP) is 2.83. The number of benzene rings is 1. The van der Waals surface area contributed by atoms with Crippen LogP contribution in [0.3, 0.4) is 0 Å². The number of carboxylic acids is 1. The standard InChI is InChI=1S/C18H24N4O.C2HF3O2/c1-13-4-5-14(2)15(8-13)10-21-11-16-6-7-20-22(16)17(12-21)9-18(23)19-3;3-2(4,5)1(6)7/h4-8,17H,9-12H2,1-3H3,(H,19,23);(H,6,7). The lowest BCUT2D eigenvalue weighted by Crippen LogP contribution is -2.39. The van der Waals surface area contributed by atoms with Gasteiger partial charge in [-0.25, -0.2) is 4.79 Å². The number of carbonyl (C=O) groups excluding carboxylic acids is 1. The number of amides is 1. The Morgan fingerprint density at radius 1 is 1.27 bits per heavy atom. The van der Waals surface area contributed by atoms with Gasteiger partial charge >= 0.3 is 12.1 Å². The van der Waals surface area contributed by atoms with E-state index in [1.165, 1.54) is 22.4 Å². The molecular weight excluding hydrogens is 401 g/mol. The fourth-order valence-corrected chi connectivity index (χ4v) is 3.26. The molecule has 7 nitrogen and oxygen atoms in total. The van der Waals surface area contributed by atoms with Crippen molar-refractivity contribution < 1.29 is 27.9 Å². The van der Waals surface area contributed by atoms with Crippen LogP contribution in [0.15, 0.2) is 30.5 Å². The highest BCUT2D eigenvalue weighted by atomic mass is 19.4. The van der Waals surface area contributed by atoms with Gasteiger partial charge in [-0.3, -0.25) is 14.4 Å². The predicted molar refractivity (Wildman–Crippen MR) is 104 cm³/mol. The van der Waals surface area contributed by atoms with Gasteiger partial charge in [-0.2, -0.15) is 18.3 Å². The minimum atomic E-state index is -5.08. The Hall–Kier alpha value is -2.88. The molecule has 1 unspecified atom stereocenters. The van der Waals surface area contributed by atoms with Crippen molar-refractivity contribution in [1.29, 1.82) is 0 Å². The van der Waals surface area contributed by atoms with Crippen LogP contribution in [0.5, 0.6) is 0 Å². The van der Waals surface area contributed by atoms with E-state index < -0.39 is 12.1 Å². The lowest BCUT2D eigenvalue weighted by molar-refractivity contribution is -0.192. The summed E-state index contributed by atoms with van der Waals surface area (Å²) in [6.07, 6.45) is -2.79. The van der Waals surface area contributed by atoms with Crippen LogP contribution < -0.4 is 5.32 Å². The summed E-state index contributed by atoms with van der Waals surface area (Å²) in [4.78, 5) is 23.1. The van der Waals surface area contributed by atoms with E-state index in [-0.39, 0.29) is 11.9 Å². The first-order chi connectivity index (χ1) is 14.0. The van der Waals surface area contributed by atoms with Crippen molar-refractivity contribution in [3.63, 3.8) is 0 Å². The highest BCUT2D eigenvalue weighted by Crippen LogP contribution is 2.25. The van der Waals surface area contributed by atoms with E-state index in [0.29, 0.717) is 6.42 Å². The number of aryl methyl sites for hydroxylation is 2. The number of nitrogens with zero attached hydrogens (tertiary/aromatic N) is 3. The molecule has 30 heavy (non-hydrogen) atoms. The Labute approximate surface area is 172 Å². The molecule has 1 aromatic carbocycles.